The first-order chi connectivity index (χ1) is 9.15. The maximum Gasteiger partial charge on any atom is 0.178 e. The van der Waals surface area contributed by atoms with Crippen molar-refractivity contribution in [1.29, 1.82) is 0 Å². The van der Waals surface area contributed by atoms with Gasteiger partial charge in [0, 0.05) is 36.8 Å². The zero-order valence-electron chi connectivity index (χ0n) is 11.4. The minimum absolute atomic E-state index is 0.0491. The zero-order chi connectivity index (χ0) is 13.8. The molecule has 0 aromatic carbocycles. The monoisotopic (exact) mass is 258 g/mol. The Morgan fingerprint density at radius 2 is 2.16 bits per heavy atom. The first-order valence-electron chi connectivity index (χ1n) is 6.16. The van der Waals surface area contributed by atoms with E-state index >= 15 is 0 Å². The number of carbonyl (C=O) groups is 1. The molecule has 2 aromatic heterocycles. The van der Waals surface area contributed by atoms with E-state index in [1.807, 2.05) is 35.9 Å². The molecule has 0 atom stereocenters. The predicted octanol–water partition coefficient (Wildman–Crippen LogP) is 0.992. The van der Waals surface area contributed by atoms with Gasteiger partial charge in [0.25, 0.3) is 0 Å². The van der Waals surface area contributed by atoms with Crippen LogP contribution in [0.5, 0.6) is 0 Å². The lowest BCUT2D eigenvalue weighted by Gasteiger charge is -2.07. The molecular weight excluding hydrogens is 240 g/mol. The Labute approximate surface area is 112 Å². The van der Waals surface area contributed by atoms with Gasteiger partial charge in [-0.05, 0) is 26.1 Å². The molecule has 0 radical (unpaired) electrons. The van der Waals surface area contributed by atoms with Crippen LogP contribution < -0.4 is 10.6 Å². The molecule has 0 aliphatic rings. The van der Waals surface area contributed by atoms with Crippen LogP contribution in [0.1, 0.15) is 11.3 Å². The van der Waals surface area contributed by atoms with E-state index in [2.05, 4.69) is 15.6 Å². The number of hydrogen-bond acceptors (Lipinski definition) is 4. The van der Waals surface area contributed by atoms with Gasteiger partial charge in [-0.25, -0.2) is 4.98 Å². The van der Waals surface area contributed by atoms with E-state index in [0.29, 0.717) is 12.1 Å². The molecule has 2 rings (SSSR count). The molecule has 2 heterocycles. The summed E-state index contributed by atoms with van der Waals surface area (Å²) in [4.78, 5) is 16.5. The Balaban J connectivity index is 2.44. The highest BCUT2D eigenvalue weighted by atomic mass is 16.1. The van der Waals surface area contributed by atoms with Crippen molar-refractivity contribution in [2.45, 2.75) is 6.92 Å². The number of fused-ring (bicyclic) bond motifs is 1. The molecule has 19 heavy (non-hydrogen) atoms. The summed E-state index contributed by atoms with van der Waals surface area (Å²) in [5.41, 5.74) is 3.37. The number of rotatable bonds is 5. The standard InChI is InChI=1S/C14H18N4O/c1-10-8-18-9-11(4-5-14(18)17-10)12(6-15-2)13(19)7-16-3/h4-6,8-9,15-16H,7H2,1-3H3. The molecule has 5 heteroatoms. The van der Waals surface area contributed by atoms with E-state index in [0.717, 1.165) is 16.9 Å². The number of aryl methyl sites for hydroxylation is 1. The number of likely N-dealkylation sites (N-methyl/N-ethyl adjacent to an activating group) is 1. The Morgan fingerprint density at radius 1 is 1.37 bits per heavy atom. The van der Waals surface area contributed by atoms with Crippen molar-refractivity contribution >= 4 is 17.0 Å². The van der Waals surface area contributed by atoms with Crippen molar-refractivity contribution < 1.29 is 4.79 Å². The molecule has 0 fully saturated rings. The van der Waals surface area contributed by atoms with Crippen LogP contribution in [-0.4, -0.2) is 35.8 Å². The van der Waals surface area contributed by atoms with Crippen molar-refractivity contribution in [1.82, 2.24) is 20.0 Å². The summed E-state index contributed by atoms with van der Waals surface area (Å²) in [7, 11) is 3.55. The second-order valence-corrected chi connectivity index (χ2v) is 4.37. The van der Waals surface area contributed by atoms with Gasteiger partial charge in [-0.2, -0.15) is 0 Å². The Kier molecular flexibility index (Phi) is 3.97. The molecule has 0 spiro atoms. The summed E-state index contributed by atoms with van der Waals surface area (Å²) in [6, 6.07) is 3.83. The SMILES string of the molecule is CNC=C(C(=O)CNC)c1ccc2nc(C)cn2c1. The van der Waals surface area contributed by atoms with Gasteiger partial charge in [-0.15, -0.1) is 0 Å². The quantitative estimate of drug-likeness (QED) is 0.785. The van der Waals surface area contributed by atoms with Crippen LogP contribution in [0.2, 0.25) is 0 Å². The van der Waals surface area contributed by atoms with Crippen LogP contribution in [0.25, 0.3) is 11.2 Å². The van der Waals surface area contributed by atoms with Gasteiger partial charge in [0.2, 0.25) is 0 Å². The highest BCUT2D eigenvalue weighted by molar-refractivity contribution is 6.21. The van der Waals surface area contributed by atoms with E-state index in [9.17, 15) is 4.79 Å². The van der Waals surface area contributed by atoms with Crippen LogP contribution in [0.15, 0.2) is 30.7 Å². The van der Waals surface area contributed by atoms with Crippen molar-refractivity contribution in [2.75, 3.05) is 20.6 Å². The first-order valence-corrected chi connectivity index (χ1v) is 6.16. The molecule has 0 saturated carbocycles. The second-order valence-electron chi connectivity index (χ2n) is 4.37. The molecular formula is C14H18N4O. The molecule has 0 unspecified atom stereocenters. The molecule has 2 N–H and O–H groups in total. The molecule has 2 aromatic rings. The third-order valence-corrected chi connectivity index (χ3v) is 2.81. The fraction of sp³-hybridized carbons (Fsp3) is 0.286. The second kappa shape index (κ2) is 5.67. The molecule has 0 amide bonds. The summed E-state index contributed by atoms with van der Waals surface area (Å²) in [6.07, 6.45) is 5.59. The predicted molar refractivity (Wildman–Crippen MR) is 75.9 cm³/mol. The number of imidazole rings is 1. The summed E-state index contributed by atoms with van der Waals surface area (Å²) in [5.74, 6) is 0.0491. The smallest absolute Gasteiger partial charge is 0.178 e. The largest absolute Gasteiger partial charge is 0.393 e. The van der Waals surface area contributed by atoms with E-state index in [1.54, 1.807) is 20.3 Å². The highest BCUT2D eigenvalue weighted by Crippen LogP contribution is 2.16. The van der Waals surface area contributed by atoms with Crippen molar-refractivity contribution in [3.05, 3.63) is 42.0 Å². The minimum atomic E-state index is 0.0491. The number of aromatic nitrogens is 2. The number of ketones is 1. The average molecular weight is 258 g/mol. The maximum atomic E-state index is 12.1. The van der Waals surface area contributed by atoms with Gasteiger partial charge in [-0.3, -0.25) is 4.79 Å². The van der Waals surface area contributed by atoms with Crippen molar-refractivity contribution in [3.63, 3.8) is 0 Å². The molecule has 0 aliphatic carbocycles. The Hall–Kier alpha value is -2.14. The van der Waals surface area contributed by atoms with Crippen LogP contribution in [0.3, 0.4) is 0 Å². The number of hydrogen-bond donors (Lipinski definition) is 2. The molecule has 0 bridgehead atoms. The Morgan fingerprint density at radius 3 is 2.84 bits per heavy atom. The van der Waals surface area contributed by atoms with Crippen LogP contribution in [0, 0.1) is 6.92 Å². The fourth-order valence-corrected chi connectivity index (χ4v) is 2.00. The maximum absolute atomic E-state index is 12.1. The number of Topliss-reactive ketones (excluding diaryl/α,β-unsaturated/α-hetero) is 1. The van der Waals surface area contributed by atoms with Gasteiger partial charge in [-0.1, -0.05) is 0 Å². The van der Waals surface area contributed by atoms with Crippen molar-refractivity contribution in [3.8, 4) is 0 Å². The van der Waals surface area contributed by atoms with Gasteiger partial charge in [0.15, 0.2) is 5.78 Å². The number of nitrogens with one attached hydrogen (secondary N) is 2. The van der Waals surface area contributed by atoms with E-state index in [1.165, 1.54) is 0 Å². The third kappa shape index (κ3) is 2.82. The number of pyridine rings is 1. The lowest BCUT2D eigenvalue weighted by molar-refractivity contribution is -0.112. The molecule has 0 saturated heterocycles. The van der Waals surface area contributed by atoms with Gasteiger partial charge >= 0.3 is 0 Å². The molecule has 100 valence electrons. The molecule has 0 aliphatic heterocycles. The average Bonchev–Trinajstić information content (AvgIpc) is 2.75. The van der Waals surface area contributed by atoms with Crippen LogP contribution in [0.4, 0.5) is 0 Å². The van der Waals surface area contributed by atoms with E-state index in [-0.39, 0.29) is 5.78 Å². The van der Waals surface area contributed by atoms with Gasteiger partial charge in [0.1, 0.15) is 5.65 Å². The fourth-order valence-electron chi connectivity index (χ4n) is 2.00. The summed E-state index contributed by atoms with van der Waals surface area (Å²) in [6.45, 7) is 2.26. The van der Waals surface area contributed by atoms with E-state index in [4.69, 9.17) is 0 Å². The lowest BCUT2D eigenvalue weighted by Crippen LogP contribution is -2.20. The Bertz CT molecular complexity index is 627. The topological polar surface area (TPSA) is 58.4 Å². The van der Waals surface area contributed by atoms with Gasteiger partial charge in [0.05, 0.1) is 12.2 Å². The lowest BCUT2D eigenvalue weighted by atomic mass is 10.0. The number of nitrogens with zero attached hydrogens (tertiary/aromatic N) is 2. The summed E-state index contributed by atoms with van der Waals surface area (Å²) < 4.78 is 1.93. The highest BCUT2D eigenvalue weighted by Gasteiger charge is 2.12. The minimum Gasteiger partial charge on any atom is -0.393 e. The van der Waals surface area contributed by atoms with Crippen LogP contribution in [-0.2, 0) is 4.79 Å². The van der Waals surface area contributed by atoms with Gasteiger partial charge < -0.3 is 15.0 Å². The summed E-state index contributed by atoms with van der Waals surface area (Å²) in [5, 5.41) is 5.80. The van der Waals surface area contributed by atoms with E-state index < -0.39 is 0 Å². The third-order valence-electron chi connectivity index (χ3n) is 2.81. The normalized spacial score (nSPS) is 11.8. The van der Waals surface area contributed by atoms with Crippen molar-refractivity contribution in [2.24, 2.45) is 0 Å². The first kappa shape index (κ1) is 13.3. The zero-order valence-corrected chi connectivity index (χ0v) is 11.4. The number of carbonyl (C=O) groups excluding carboxylic acids is 1. The van der Waals surface area contributed by atoms with Crippen LogP contribution >= 0.6 is 0 Å². The summed E-state index contributed by atoms with van der Waals surface area (Å²) >= 11 is 0. The molecule has 5 nitrogen and oxygen atoms in total.